The van der Waals surface area contributed by atoms with Crippen molar-refractivity contribution in [3.63, 3.8) is 0 Å². The van der Waals surface area contributed by atoms with E-state index in [9.17, 15) is 0 Å². The zero-order valence-corrected chi connectivity index (χ0v) is 12.4. The first kappa shape index (κ1) is 11.6. The first-order valence-electron chi connectivity index (χ1n) is 6.03. The molecule has 0 unspecified atom stereocenters. The molecule has 0 nitrogen and oxygen atoms in total. The molecular weight excluding hydrogens is 288 g/mol. The molecule has 0 saturated carbocycles. The molecule has 0 radical (unpaired) electrons. The lowest BCUT2D eigenvalue weighted by Gasteiger charge is -2.20. The SMILES string of the molecule is c1csc(-c2cccc3c2Sc2ccccc2S3)c1. The molecular formula is C16H10S3. The van der Waals surface area contributed by atoms with E-state index in [0.717, 1.165) is 0 Å². The van der Waals surface area contributed by atoms with Crippen LogP contribution in [0.4, 0.5) is 0 Å². The van der Waals surface area contributed by atoms with Crippen molar-refractivity contribution in [3.05, 3.63) is 60.0 Å². The smallest absolute Gasteiger partial charge is 0.0354 e. The fraction of sp³-hybridized carbons (Fsp3) is 0. The largest absolute Gasteiger partial charge is 0.144 e. The number of benzene rings is 2. The molecule has 0 fully saturated rings. The highest BCUT2D eigenvalue weighted by Gasteiger charge is 2.19. The number of thiophene rings is 1. The third kappa shape index (κ3) is 2.02. The Morgan fingerprint density at radius 3 is 2.21 bits per heavy atom. The van der Waals surface area contributed by atoms with Gasteiger partial charge in [0.1, 0.15) is 0 Å². The molecule has 0 spiro atoms. The molecule has 2 aromatic carbocycles. The molecule has 1 aromatic heterocycles. The standard InChI is InChI=1S/C16H10S3/c1-2-7-14-13(6-1)18-15-8-3-5-11(16(15)19-14)12-9-4-10-17-12/h1-10H. The number of rotatable bonds is 1. The van der Waals surface area contributed by atoms with Crippen molar-refractivity contribution in [2.24, 2.45) is 0 Å². The lowest BCUT2D eigenvalue weighted by molar-refractivity contribution is 1.16. The Balaban J connectivity index is 1.88. The lowest BCUT2D eigenvalue weighted by Crippen LogP contribution is -1.91. The predicted molar refractivity (Wildman–Crippen MR) is 84.4 cm³/mol. The Morgan fingerprint density at radius 2 is 1.42 bits per heavy atom. The van der Waals surface area contributed by atoms with Gasteiger partial charge >= 0.3 is 0 Å². The molecule has 0 amide bonds. The van der Waals surface area contributed by atoms with Crippen LogP contribution < -0.4 is 0 Å². The van der Waals surface area contributed by atoms with E-state index in [1.807, 2.05) is 34.9 Å². The second kappa shape index (κ2) is 4.75. The van der Waals surface area contributed by atoms with Crippen LogP contribution in [-0.2, 0) is 0 Å². The van der Waals surface area contributed by atoms with E-state index in [1.165, 1.54) is 30.0 Å². The number of fused-ring (bicyclic) bond motifs is 2. The van der Waals surface area contributed by atoms with E-state index in [0.29, 0.717) is 0 Å². The summed E-state index contributed by atoms with van der Waals surface area (Å²) >= 11 is 5.58. The van der Waals surface area contributed by atoms with Gasteiger partial charge in [-0.05, 0) is 29.6 Å². The van der Waals surface area contributed by atoms with Gasteiger partial charge in [0.15, 0.2) is 0 Å². The van der Waals surface area contributed by atoms with Crippen molar-refractivity contribution in [1.82, 2.24) is 0 Å². The molecule has 1 aliphatic heterocycles. The molecule has 4 rings (SSSR count). The molecule has 3 aromatic rings. The first-order valence-corrected chi connectivity index (χ1v) is 8.55. The van der Waals surface area contributed by atoms with Crippen molar-refractivity contribution >= 4 is 34.9 Å². The van der Waals surface area contributed by atoms with Crippen LogP contribution in [0, 0.1) is 0 Å². The molecule has 0 bridgehead atoms. The van der Waals surface area contributed by atoms with Gasteiger partial charge in [0, 0.05) is 30.0 Å². The lowest BCUT2D eigenvalue weighted by atomic mass is 10.2. The highest BCUT2D eigenvalue weighted by molar-refractivity contribution is 8.05. The molecule has 19 heavy (non-hydrogen) atoms. The third-order valence-electron chi connectivity index (χ3n) is 3.05. The highest BCUT2D eigenvalue weighted by atomic mass is 32.2. The summed E-state index contributed by atoms with van der Waals surface area (Å²) in [5, 5.41) is 2.14. The van der Waals surface area contributed by atoms with Crippen LogP contribution in [0.5, 0.6) is 0 Å². The fourth-order valence-corrected chi connectivity index (χ4v) is 5.39. The van der Waals surface area contributed by atoms with Crippen molar-refractivity contribution < 1.29 is 0 Å². The van der Waals surface area contributed by atoms with Gasteiger partial charge in [-0.15, -0.1) is 11.3 Å². The van der Waals surface area contributed by atoms with Crippen LogP contribution in [0.15, 0.2) is 79.6 Å². The van der Waals surface area contributed by atoms with Gasteiger partial charge in [0.2, 0.25) is 0 Å². The maximum absolute atomic E-state index is 2.23. The predicted octanol–water partition coefficient (Wildman–Crippen LogP) is 6.03. The van der Waals surface area contributed by atoms with Gasteiger partial charge in [-0.2, -0.15) is 0 Å². The van der Waals surface area contributed by atoms with E-state index >= 15 is 0 Å². The average Bonchev–Trinajstić information content (AvgIpc) is 2.98. The summed E-state index contributed by atoms with van der Waals surface area (Å²) in [6, 6.07) is 19.6. The van der Waals surface area contributed by atoms with E-state index in [1.54, 1.807) is 0 Å². The molecule has 0 atom stereocenters. The Bertz CT molecular complexity index is 730. The Kier molecular flexibility index (Phi) is 2.91. The molecule has 1 aliphatic rings. The normalized spacial score (nSPS) is 12.8. The van der Waals surface area contributed by atoms with Crippen molar-refractivity contribution in [2.75, 3.05) is 0 Å². The molecule has 0 N–H and O–H groups in total. The van der Waals surface area contributed by atoms with Gasteiger partial charge in [-0.25, -0.2) is 0 Å². The summed E-state index contributed by atoms with van der Waals surface area (Å²) in [5.74, 6) is 0. The third-order valence-corrected chi connectivity index (χ3v) is 6.56. The van der Waals surface area contributed by atoms with Crippen molar-refractivity contribution in [1.29, 1.82) is 0 Å². The van der Waals surface area contributed by atoms with Crippen LogP contribution in [0.2, 0.25) is 0 Å². The first-order chi connectivity index (χ1) is 9.42. The van der Waals surface area contributed by atoms with Crippen LogP contribution in [0.1, 0.15) is 0 Å². The minimum absolute atomic E-state index is 1.35. The van der Waals surface area contributed by atoms with Crippen LogP contribution in [-0.4, -0.2) is 0 Å². The minimum Gasteiger partial charge on any atom is -0.144 e. The quantitative estimate of drug-likeness (QED) is 0.421. The zero-order valence-electron chi connectivity index (χ0n) is 10.00. The number of hydrogen-bond donors (Lipinski definition) is 0. The Hall–Kier alpha value is -1.16. The van der Waals surface area contributed by atoms with Crippen molar-refractivity contribution in [3.8, 4) is 10.4 Å². The summed E-state index contributed by atoms with van der Waals surface area (Å²) < 4.78 is 0. The number of hydrogen-bond acceptors (Lipinski definition) is 3. The minimum atomic E-state index is 1.35. The summed E-state index contributed by atoms with van der Waals surface area (Å²) in [6.45, 7) is 0. The maximum Gasteiger partial charge on any atom is 0.0354 e. The van der Waals surface area contributed by atoms with E-state index in [-0.39, 0.29) is 0 Å². The Morgan fingerprint density at radius 1 is 0.632 bits per heavy atom. The van der Waals surface area contributed by atoms with Crippen LogP contribution in [0.25, 0.3) is 10.4 Å². The molecule has 2 heterocycles. The van der Waals surface area contributed by atoms with Crippen LogP contribution >= 0.6 is 34.9 Å². The van der Waals surface area contributed by atoms with Gasteiger partial charge in [0.05, 0.1) is 0 Å². The van der Waals surface area contributed by atoms with Gasteiger partial charge < -0.3 is 0 Å². The average molecular weight is 298 g/mol. The van der Waals surface area contributed by atoms with E-state index < -0.39 is 0 Å². The van der Waals surface area contributed by atoms with Gasteiger partial charge in [-0.1, -0.05) is 53.9 Å². The second-order valence-electron chi connectivity index (χ2n) is 4.26. The summed E-state index contributed by atoms with van der Waals surface area (Å²) in [4.78, 5) is 6.85. The zero-order chi connectivity index (χ0) is 12.7. The monoisotopic (exact) mass is 298 g/mol. The summed E-state index contributed by atoms with van der Waals surface area (Å²) in [6.07, 6.45) is 0. The summed E-state index contributed by atoms with van der Waals surface area (Å²) in [7, 11) is 0. The maximum atomic E-state index is 2.23. The van der Waals surface area contributed by atoms with Crippen LogP contribution in [0.3, 0.4) is 0 Å². The van der Waals surface area contributed by atoms with Crippen molar-refractivity contribution in [2.45, 2.75) is 19.6 Å². The van der Waals surface area contributed by atoms with E-state index in [2.05, 4.69) is 60.0 Å². The molecule has 0 aliphatic carbocycles. The van der Waals surface area contributed by atoms with Gasteiger partial charge in [-0.3, -0.25) is 0 Å². The second-order valence-corrected chi connectivity index (χ2v) is 7.34. The molecule has 0 saturated heterocycles. The van der Waals surface area contributed by atoms with Gasteiger partial charge in [0.25, 0.3) is 0 Å². The summed E-state index contributed by atoms with van der Waals surface area (Å²) in [5.41, 5.74) is 1.36. The fourth-order valence-electron chi connectivity index (χ4n) is 2.17. The topological polar surface area (TPSA) is 0 Å². The van der Waals surface area contributed by atoms with E-state index in [4.69, 9.17) is 0 Å². The molecule has 92 valence electrons. The highest BCUT2D eigenvalue weighted by Crippen LogP contribution is 2.51. The molecule has 3 heteroatoms. The Labute approximate surface area is 124 Å².